The number of amides is 1. The minimum atomic E-state index is -0.294. The van der Waals surface area contributed by atoms with Crippen molar-refractivity contribution in [2.75, 3.05) is 6.61 Å². The van der Waals surface area contributed by atoms with Crippen LogP contribution in [0.5, 0.6) is 0 Å². The number of carbonyl (C=O) groups is 1. The number of aryl methyl sites for hydroxylation is 1. The summed E-state index contributed by atoms with van der Waals surface area (Å²) in [5, 5.41) is 10.3. The molecule has 134 valence electrons. The van der Waals surface area contributed by atoms with Gasteiger partial charge in [0.15, 0.2) is 0 Å². The summed E-state index contributed by atoms with van der Waals surface area (Å²) in [5.41, 5.74) is 2.97. The van der Waals surface area contributed by atoms with E-state index in [1.54, 1.807) is 12.1 Å². The standard InChI is InChI=1S/C19H24FN3O2/c1-12-16(18(23-22-12)13-4-6-14(20)7-5-13)10-17(24)21-15-8-9-25-19(2,3)11-15/h4-7,15H,8-11H2,1-3H3,(H,21,24)(H,22,23)/t15-/m0/s1. The van der Waals surface area contributed by atoms with Gasteiger partial charge in [0.2, 0.25) is 5.91 Å². The minimum absolute atomic E-state index is 0.0319. The Labute approximate surface area is 147 Å². The van der Waals surface area contributed by atoms with Crippen LogP contribution in [-0.4, -0.2) is 34.4 Å². The fourth-order valence-electron chi connectivity index (χ4n) is 3.31. The van der Waals surface area contributed by atoms with E-state index in [0.717, 1.165) is 29.7 Å². The van der Waals surface area contributed by atoms with Crippen molar-refractivity contribution >= 4 is 5.91 Å². The van der Waals surface area contributed by atoms with Crippen molar-refractivity contribution in [2.45, 2.75) is 51.7 Å². The fraction of sp³-hybridized carbons (Fsp3) is 0.474. The highest BCUT2D eigenvalue weighted by atomic mass is 19.1. The molecule has 1 saturated heterocycles. The topological polar surface area (TPSA) is 67.0 Å². The second-order valence-corrected chi connectivity index (χ2v) is 7.22. The summed E-state index contributed by atoms with van der Waals surface area (Å²) in [6.07, 6.45) is 1.87. The summed E-state index contributed by atoms with van der Waals surface area (Å²) >= 11 is 0. The van der Waals surface area contributed by atoms with Crippen molar-refractivity contribution in [1.29, 1.82) is 0 Å². The van der Waals surface area contributed by atoms with Gasteiger partial charge in [0, 0.05) is 29.5 Å². The highest BCUT2D eigenvalue weighted by molar-refractivity contribution is 5.81. The van der Waals surface area contributed by atoms with E-state index < -0.39 is 0 Å². The van der Waals surface area contributed by atoms with Crippen LogP contribution < -0.4 is 5.32 Å². The lowest BCUT2D eigenvalue weighted by Crippen LogP contribution is -2.46. The number of ether oxygens (including phenoxy) is 1. The van der Waals surface area contributed by atoms with Crippen molar-refractivity contribution < 1.29 is 13.9 Å². The monoisotopic (exact) mass is 345 g/mol. The molecule has 0 spiro atoms. The van der Waals surface area contributed by atoms with Gasteiger partial charge in [-0.05, 0) is 57.9 Å². The Kier molecular flexibility index (Phi) is 4.90. The van der Waals surface area contributed by atoms with E-state index in [4.69, 9.17) is 4.74 Å². The fourth-order valence-corrected chi connectivity index (χ4v) is 3.31. The predicted octanol–water partition coefficient (Wildman–Crippen LogP) is 3.14. The van der Waals surface area contributed by atoms with E-state index in [1.165, 1.54) is 12.1 Å². The molecule has 1 fully saturated rings. The quantitative estimate of drug-likeness (QED) is 0.894. The maximum Gasteiger partial charge on any atom is 0.224 e. The molecular formula is C19H24FN3O2. The number of hydrogen-bond donors (Lipinski definition) is 2. The Morgan fingerprint density at radius 1 is 1.40 bits per heavy atom. The molecule has 1 aliphatic rings. The van der Waals surface area contributed by atoms with E-state index in [-0.39, 0.29) is 29.8 Å². The van der Waals surface area contributed by atoms with Crippen molar-refractivity contribution in [3.63, 3.8) is 0 Å². The molecule has 2 aromatic rings. The van der Waals surface area contributed by atoms with E-state index >= 15 is 0 Å². The first-order valence-electron chi connectivity index (χ1n) is 8.57. The van der Waals surface area contributed by atoms with E-state index in [2.05, 4.69) is 15.5 Å². The van der Waals surface area contributed by atoms with Gasteiger partial charge in [-0.15, -0.1) is 0 Å². The molecular weight excluding hydrogens is 321 g/mol. The van der Waals surface area contributed by atoms with Crippen LogP contribution in [0.2, 0.25) is 0 Å². The average molecular weight is 345 g/mol. The van der Waals surface area contributed by atoms with Crippen molar-refractivity contribution in [1.82, 2.24) is 15.5 Å². The molecule has 25 heavy (non-hydrogen) atoms. The number of nitrogens with one attached hydrogen (secondary N) is 2. The number of nitrogens with zero attached hydrogens (tertiary/aromatic N) is 1. The van der Waals surface area contributed by atoms with Gasteiger partial charge in [-0.3, -0.25) is 9.89 Å². The second kappa shape index (κ2) is 6.96. The summed E-state index contributed by atoms with van der Waals surface area (Å²) < 4.78 is 18.8. The van der Waals surface area contributed by atoms with Gasteiger partial charge < -0.3 is 10.1 Å². The Bertz CT molecular complexity index is 753. The lowest BCUT2D eigenvalue weighted by atomic mass is 9.93. The number of halogens is 1. The zero-order valence-corrected chi connectivity index (χ0v) is 14.9. The van der Waals surface area contributed by atoms with E-state index in [0.29, 0.717) is 12.3 Å². The normalized spacial score (nSPS) is 19.6. The zero-order valence-electron chi connectivity index (χ0n) is 14.9. The molecule has 5 nitrogen and oxygen atoms in total. The third-order valence-electron chi connectivity index (χ3n) is 4.59. The van der Waals surface area contributed by atoms with Crippen LogP contribution >= 0.6 is 0 Å². The first-order valence-corrected chi connectivity index (χ1v) is 8.57. The van der Waals surface area contributed by atoms with E-state index in [1.807, 2.05) is 20.8 Å². The van der Waals surface area contributed by atoms with Crippen LogP contribution in [0.1, 0.15) is 37.9 Å². The average Bonchev–Trinajstić information content (AvgIpc) is 2.88. The van der Waals surface area contributed by atoms with Crippen LogP contribution in [0.15, 0.2) is 24.3 Å². The molecule has 0 aliphatic carbocycles. The van der Waals surface area contributed by atoms with Gasteiger partial charge in [-0.2, -0.15) is 5.10 Å². The van der Waals surface area contributed by atoms with E-state index in [9.17, 15) is 9.18 Å². The second-order valence-electron chi connectivity index (χ2n) is 7.22. The summed E-state index contributed by atoms with van der Waals surface area (Å²) in [5.74, 6) is -0.326. The highest BCUT2D eigenvalue weighted by Gasteiger charge is 2.30. The Balaban J connectivity index is 1.71. The maximum absolute atomic E-state index is 13.1. The van der Waals surface area contributed by atoms with Crippen LogP contribution in [0.4, 0.5) is 4.39 Å². The Hall–Kier alpha value is -2.21. The van der Waals surface area contributed by atoms with Gasteiger partial charge in [0.05, 0.1) is 17.7 Å². The number of aromatic nitrogens is 2. The molecule has 1 aliphatic heterocycles. The number of rotatable bonds is 4. The SMILES string of the molecule is Cc1[nH]nc(-c2ccc(F)cc2)c1CC(=O)N[C@H]1CCOC(C)(C)C1. The summed E-state index contributed by atoms with van der Waals surface area (Å²) in [7, 11) is 0. The number of hydrogen-bond acceptors (Lipinski definition) is 3. The van der Waals surface area contributed by atoms with Gasteiger partial charge in [-0.1, -0.05) is 0 Å². The largest absolute Gasteiger partial charge is 0.375 e. The number of benzene rings is 1. The third kappa shape index (κ3) is 4.25. The molecule has 1 aromatic heterocycles. The molecule has 3 rings (SSSR count). The van der Waals surface area contributed by atoms with Gasteiger partial charge >= 0.3 is 0 Å². The minimum Gasteiger partial charge on any atom is -0.375 e. The summed E-state index contributed by atoms with van der Waals surface area (Å²) in [6, 6.07) is 6.26. The molecule has 2 heterocycles. The summed E-state index contributed by atoms with van der Waals surface area (Å²) in [6.45, 7) is 6.63. The molecule has 0 saturated carbocycles. The van der Waals surface area contributed by atoms with Gasteiger partial charge in [0.1, 0.15) is 5.82 Å². The lowest BCUT2D eigenvalue weighted by Gasteiger charge is -2.35. The molecule has 1 amide bonds. The number of H-pyrrole nitrogens is 1. The van der Waals surface area contributed by atoms with Gasteiger partial charge in [0.25, 0.3) is 0 Å². The van der Waals surface area contributed by atoms with Crippen LogP contribution in [0.3, 0.4) is 0 Å². The Morgan fingerprint density at radius 2 is 2.12 bits per heavy atom. The molecule has 0 unspecified atom stereocenters. The van der Waals surface area contributed by atoms with Crippen LogP contribution in [0, 0.1) is 12.7 Å². The maximum atomic E-state index is 13.1. The zero-order chi connectivity index (χ0) is 18.0. The summed E-state index contributed by atoms with van der Waals surface area (Å²) in [4.78, 5) is 12.5. The lowest BCUT2D eigenvalue weighted by molar-refractivity contribution is -0.123. The predicted molar refractivity (Wildman–Crippen MR) is 93.6 cm³/mol. The molecule has 1 aromatic carbocycles. The molecule has 1 atom stereocenters. The first-order chi connectivity index (χ1) is 11.8. The Morgan fingerprint density at radius 3 is 2.80 bits per heavy atom. The van der Waals surface area contributed by atoms with Crippen molar-refractivity contribution in [3.8, 4) is 11.3 Å². The number of aromatic amines is 1. The molecule has 0 bridgehead atoms. The molecule has 2 N–H and O–H groups in total. The van der Waals surface area contributed by atoms with Crippen molar-refractivity contribution in [2.24, 2.45) is 0 Å². The smallest absolute Gasteiger partial charge is 0.224 e. The molecule has 0 radical (unpaired) electrons. The third-order valence-corrected chi connectivity index (χ3v) is 4.59. The van der Waals surface area contributed by atoms with Gasteiger partial charge in [-0.25, -0.2) is 4.39 Å². The van der Waals surface area contributed by atoms with Crippen LogP contribution in [-0.2, 0) is 16.0 Å². The first kappa shape index (κ1) is 17.6. The van der Waals surface area contributed by atoms with Crippen LogP contribution in [0.25, 0.3) is 11.3 Å². The highest BCUT2D eigenvalue weighted by Crippen LogP contribution is 2.26. The van der Waals surface area contributed by atoms with Crippen molar-refractivity contribution in [3.05, 3.63) is 41.3 Å². The number of carbonyl (C=O) groups excluding carboxylic acids is 1. The molecule has 6 heteroatoms.